The molecule has 96 valence electrons. The Hall–Kier alpha value is -1.81. The van der Waals surface area contributed by atoms with E-state index in [1.165, 1.54) is 0 Å². The molecule has 0 bridgehead atoms. The molecule has 2 aromatic rings. The Labute approximate surface area is 106 Å². The lowest BCUT2D eigenvalue weighted by Gasteiger charge is -2.14. The highest BCUT2D eigenvalue weighted by Gasteiger charge is 2.17. The first-order valence-corrected chi connectivity index (χ1v) is 6.16. The van der Waals surface area contributed by atoms with Gasteiger partial charge in [0, 0.05) is 5.39 Å². The van der Waals surface area contributed by atoms with Gasteiger partial charge in [-0.1, -0.05) is 25.1 Å². The summed E-state index contributed by atoms with van der Waals surface area (Å²) in [5.41, 5.74) is 6.50. The van der Waals surface area contributed by atoms with Crippen LogP contribution in [0.25, 0.3) is 11.0 Å². The van der Waals surface area contributed by atoms with E-state index in [1.54, 1.807) is 0 Å². The van der Waals surface area contributed by atoms with E-state index in [9.17, 15) is 4.79 Å². The average molecular weight is 246 g/mol. The van der Waals surface area contributed by atoms with Crippen LogP contribution < -0.4 is 11.1 Å². The second-order valence-electron chi connectivity index (χ2n) is 4.43. The van der Waals surface area contributed by atoms with Crippen LogP contribution in [0, 0.1) is 0 Å². The third-order valence-electron chi connectivity index (χ3n) is 3.01. The summed E-state index contributed by atoms with van der Waals surface area (Å²) in [6, 6.07) is 9.07. The molecule has 3 N–H and O–H groups in total. The van der Waals surface area contributed by atoms with Crippen molar-refractivity contribution in [3.63, 3.8) is 0 Å². The predicted molar refractivity (Wildman–Crippen MR) is 71.0 cm³/mol. The van der Waals surface area contributed by atoms with Crippen LogP contribution in [0.1, 0.15) is 32.1 Å². The van der Waals surface area contributed by atoms with Crippen molar-refractivity contribution in [1.29, 1.82) is 0 Å². The second-order valence-corrected chi connectivity index (χ2v) is 4.43. The molecule has 2 atom stereocenters. The highest BCUT2D eigenvalue weighted by molar-refractivity contribution is 5.82. The van der Waals surface area contributed by atoms with Crippen molar-refractivity contribution >= 4 is 16.9 Å². The van der Waals surface area contributed by atoms with E-state index >= 15 is 0 Å². The van der Waals surface area contributed by atoms with Gasteiger partial charge in [0.1, 0.15) is 11.3 Å². The van der Waals surface area contributed by atoms with Gasteiger partial charge in [0.25, 0.3) is 0 Å². The first-order valence-electron chi connectivity index (χ1n) is 6.16. The third-order valence-corrected chi connectivity index (χ3v) is 3.01. The zero-order valence-corrected chi connectivity index (χ0v) is 10.6. The number of nitrogens with two attached hydrogens (primary N) is 1. The van der Waals surface area contributed by atoms with Crippen molar-refractivity contribution in [3.8, 4) is 0 Å². The molecule has 1 unspecified atom stereocenters. The van der Waals surface area contributed by atoms with E-state index in [0.29, 0.717) is 6.42 Å². The van der Waals surface area contributed by atoms with Gasteiger partial charge < -0.3 is 15.5 Å². The Balaban J connectivity index is 2.13. The molecule has 2 rings (SSSR count). The zero-order valence-electron chi connectivity index (χ0n) is 10.6. The number of carbonyl (C=O) groups is 1. The molecular formula is C14H18N2O2. The molecule has 4 heteroatoms. The molecule has 1 aromatic carbocycles. The predicted octanol–water partition coefficient (Wildman–Crippen LogP) is 2.35. The molecular weight excluding hydrogens is 228 g/mol. The molecule has 0 saturated carbocycles. The van der Waals surface area contributed by atoms with E-state index < -0.39 is 6.04 Å². The van der Waals surface area contributed by atoms with E-state index in [-0.39, 0.29) is 11.9 Å². The number of carbonyl (C=O) groups excluding carboxylic acids is 1. The standard InChI is InChI=1S/C14H18N2O2/c1-3-11(15)14(17)16-9(2)13-8-10-6-4-5-7-12(10)18-13/h4-9,11H,3,15H2,1-2H3,(H,16,17)/t9?,11-/m0/s1. The smallest absolute Gasteiger partial charge is 0.237 e. The summed E-state index contributed by atoms with van der Waals surface area (Å²) < 4.78 is 5.69. The van der Waals surface area contributed by atoms with Gasteiger partial charge in [-0.05, 0) is 25.5 Å². The van der Waals surface area contributed by atoms with Gasteiger partial charge in [-0.3, -0.25) is 4.79 Å². The minimum atomic E-state index is -0.461. The second kappa shape index (κ2) is 5.23. The molecule has 1 aromatic heterocycles. The highest BCUT2D eigenvalue weighted by Crippen LogP contribution is 2.23. The van der Waals surface area contributed by atoms with Crippen LogP contribution in [0.3, 0.4) is 0 Å². The highest BCUT2D eigenvalue weighted by atomic mass is 16.3. The van der Waals surface area contributed by atoms with Crippen LogP contribution in [0.4, 0.5) is 0 Å². The van der Waals surface area contributed by atoms with E-state index in [4.69, 9.17) is 10.2 Å². The van der Waals surface area contributed by atoms with Gasteiger partial charge in [0.05, 0.1) is 12.1 Å². The first-order chi connectivity index (χ1) is 8.61. The summed E-state index contributed by atoms with van der Waals surface area (Å²) >= 11 is 0. The van der Waals surface area contributed by atoms with Crippen LogP contribution in [0.5, 0.6) is 0 Å². The lowest BCUT2D eigenvalue weighted by molar-refractivity contribution is -0.123. The van der Waals surface area contributed by atoms with Gasteiger partial charge in [-0.25, -0.2) is 0 Å². The lowest BCUT2D eigenvalue weighted by atomic mass is 10.2. The molecule has 0 aliphatic rings. The maximum absolute atomic E-state index is 11.7. The summed E-state index contributed by atoms with van der Waals surface area (Å²) in [4.78, 5) is 11.7. The number of amides is 1. The Morgan fingerprint density at radius 2 is 2.17 bits per heavy atom. The zero-order chi connectivity index (χ0) is 13.1. The molecule has 0 saturated heterocycles. The minimum Gasteiger partial charge on any atom is -0.459 e. The van der Waals surface area contributed by atoms with Gasteiger partial charge >= 0.3 is 0 Å². The van der Waals surface area contributed by atoms with Gasteiger partial charge in [0.15, 0.2) is 0 Å². The summed E-state index contributed by atoms with van der Waals surface area (Å²) in [6.07, 6.45) is 0.624. The fourth-order valence-electron chi connectivity index (χ4n) is 1.79. The molecule has 0 spiro atoms. The van der Waals surface area contributed by atoms with E-state index in [2.05, 4.69) is 5.32 Å². The van der Waals surface area contributed by atoms with Gasteiger partial charge in [0.2, 0.25) is 5.91 Å². The number of benzene rings is 1. The normalized spacial score (nSPS) is 14.4. The maximum atomic E-state index is 11.7. The van der Waals surface area contributed by atoms with Crippen LogP contribution in [0.2, 0.25) is 0 Å². The summed E-state index contributed by atoms with van der Waals surface area (Å²) in [5, 5.41) is 3.89. The molecule has 0 aliphatic heterocycles. The van der Waals surface area contributed by atoms with Crippen LogP contribution in [0.15, 0.2) is 34.7 Å². The maximum Gasteiger partial charge on any atom is 0.237 e. The Kier molecular flexibility index (Phi) is 3.67. The molecule has 4 nitrogen and oxygen atoms in total. The lowest BCUT2D eigenvalue weighted by Crippen LogP contribution is -2.41. The molecule has 0 aliphatic carbocycles. The van der Waals surface area contributed by atoms with Crippen molar-refractivity contribution in [2.75, 3.05) is 0 Å². The van der Waals surface area contributed by atoms with Gasteiger partial charge in [-0.2, -0.15) is 0 Å². The molecule has 1 amide bonds. The summed E-state index contributed by atoms with van der Waals surface area (Å²) in [5.74, 6) is 0.596. The fourth-order valence-corrected chi connectivity index (χ4v) is 1.79. The number of para-hydroxylation sites is 1. The average Bonchev–Trinajstić information content (AvgIpc) is 2.81. The molecule has 0 fully saturated rings. The van der Waals surface area contributed by atoms with Crippen molar-refractivity contribution in [2.45, 2.75) is 32.4 Å². The van der Waals surface area contributed by atoms with E-state index in [0.717, 1.165) is 16.7 Å². The Morgan fingerprint density at radius 1 is 1.44 bits per heavy atom. The SMILES string of the molecule is CC[C@H](N)C(=O)NC(C)c1cc2ccccc2o1. The van der Waals surface area contributed by atoms with Crippen molar-refractivity contribution in [1.82, 2.24) is 5.32 Å². The number of rotatable bonds is 4. The van der Waals surface area contributed by atoms with Crippen LogP contribution in [-0.2, 0) is 4.79 Å². The van der Waals surface area contributed by atoms with Crippen LogP contribution >= 0.6 is 0 Å². The number of fused-ring (bicyclic) bond motifs is 1. The Bertz CT molecular complexity index is 514. The van der Waals surface area contributed by atoms with Crippen molar-refractivity contribution < 1.29 is 9.21 Å². The topological polar surface area (TPSA) is 68.3 Å². The third kappa shape index (κ3) is 2.54. The fraction of sp³-hybridized carbons (Fsp3) is 0.357. The van der Waals surface area contributed by atoms with Gasteiger partial charge in [-0.15, -0.1) is 0 Å². The van der Waals surface area contributed by atoms with Crippen LogP contribution in [-0.4, -0.2) is 11.9 Å². The number of furan rings is 1. The Morgan fingerprint density at radius 3 is 2.83 bits per heavy atom. The van der Waals surface area contributed by atoms with Crippen molar-refractivity contribution in [3.05, 3.63) is 36.1 Å². The first kappa shape index (κ1) is 12.6. The molecule has 18 heavy (non-hydrogen) atoms. The minimum absolute atomic E-state index is 0.148. The molecule has 0 radical (unpaired) electrons. The monoisotopic (exact) mass is 246 g/mol. The summed E-state index contributed by atoms with van der Waals surface area (Å²) in [6.45, 7) is 3.77. The van der Waals surface area contributed by atoms with Crippen molar-refractivity contribution in [2.24, 2.45) is 5.73 Å². The molecule has 1 heterocycles. The number of hydrogen-bond donors (Lipinski definition) is 2. The number of nitrogens with one attached hydrogen (secondary N) is 1. The van der Waals surface area contributed by atoms with E-state index in [1.807, 2.05) is 44.2 Å². The largest absolute Gasteiger partial charge is 0.459 e. The summed E-state index contributed by atoms with van der Waals surface area (Å²) in [7, 11) is 0. The number of hydrogen-bond acceptors (Lipinski definition) is 3. The quantitative estimate of drug-likeness (QED) is 0.870.